The summed E-state index contributed by atoms with van der Waals surface area (Å²) in [5.41, 5.74) is 11.4. The Balaban J connectivity index is 1.88. The van der Waals surface area contributed by atoms with Crippen molar-refractivity contribution in [3.8, 4) is 0 Å². The van der Waals surface area contributed by atoms with Crippen molar-refractivity contribution in [3.05, 3.63) is 17.8 Å². The number of hydrogen-bond acceptors (Lipinski definition) is 5. The van der Waals surface area contributed by atoms with Gasteiger partial charge < -0.3 is 21.5 Å². The van der Waals surface area contributed by atoms with Crippen molar-refractivity contribution in [3.63, 3.8) is 0 Å². The molecule has 1 aliphatic heterocycles. The maximum absolute atomic E-state index is 11.1. The highest BCUT2D eigenvalue weighted by atomic mass is 16.5. The monoisotopic (exact) mass is 250 g/mol. The highest BCUT2D eigenvalue weighted by Crippen LogP contribution is 2.17. The minimum atomic E-state index is -0.540. The third-order valence-electron chi connectivity index (χ3n) is 3.08. The molecule has 0 saturated carbocycles. The van der Waals surface area contributed by atoms with Gasteiger partial charge in [0.1, 0.15) is 5.82 Å². The van der Waals surface area contributed by atoms with Crippen molar-refractivity contribution in [1.82, 2.24) is 4.98 Å². The van der Waals surface area contributed by atoms with E-state index in [2.05, 4.69) is 10.3 Å². The Morgan fingerprint density at radius 2 is 2.44 bits per heavy atom. The number of primary amides is 1. The first-order valence-corrected chi connectivity index (χ1v) is 6.03. The van der Waals surface area contributed by atoms with Crippen molar-refractivity contribution in [2.45, 2.75) is 12.8 Å². The Hall–Kier alpha value is -1.82. The first kappa shape index (κ1) is 12.6. The van der Waals surface area contributed by atoms with E-state index < -0.39 is 5.91 Å². The predicted octanol–water partition coefficient (Wildman–Crippen LogP) is 0.601. The van der Waals surface area contributed by atoms with Gasteiger partial charge in [-0.1, -0.05) is 0 Å². The number of carbonyl (C=O) groups excluding carboxylic acids is 1. The molecule has 0 aliphatic carbocycles. The van der Waals surface area contributed by atoms with Gasteiger partial charge in [0.15, 0.2) is 0 Å². The third kappa shape index (κ3) is 3.10. The average Bonchev–Trinajstić information content (AvgIpc) is 2.84. The normalized spacial score (nSPS) is 18.8. The lowest BCUT2D eigenvalue weighted by atomic mass is 10.1. The summed E-state index contributed by atoms with van der Waals surface area (Å²) in [5, 5.41) is 3.16. The summed E-state index contributed by atoms with van der Waals surface area (Å²) in [5.74, 6) is 0.695. The second-order valence-electron chi connectivity index (χ2n) is 4.47. The van der Waals surface area contributed by atoms with Crippen molar-refractivity contribution in [2.75, 3.05) is 30.8 Å². The lowest BCUT2D eigenvalue weighted by Gasteiger charge is -2.10. The molecule has 2 rings (SSSR count). The van der Waals surface area contributed by atoms with Crippen molar-refractivity contribution < 1.29 is 9.53 Å². The molecule has 1 aromatic heterocycles. The van der Waals surface area contributed by atoms with Gasteiger partial charge in [-0.15, -0.1) is 0 Å². The van der Waals surface area contributed by atoms with Crippen LogP contribution in [0.25, 0.3) is 0 Å². The molecule has 1 fully saturated rings. The molecule has 0 radical (unpaired) electrons. The zero-order chi connectivity index (χ0) is 13.0. The van der Waals surface area contributed by atoms with Crippen LogP contribution in [-0.4, -0.2) is 30.6 Å². The number of nitrogen functional groups attached to an aromatic ring is 1. The number of amides is 1. The van der Waals surface area contributed by atoms with E-state index in [-0.39, 0.29) is 0 Å². The molecule has 5 N–H and O–H groups in total. The van der Waals surface area contributed by atoms with Gasteiger partial charge in [-0.05, 0) is 24.8 Å². The highest BCUT2D eigenvalue weighted by Gasteiger charge is 2.15. The number of ether oxygens (including phenoxy) is 1. The van der Waals surface area contributed by atoms with Gasteiger partial charge in [-0.3, -0.25) is 4.79 Å². The van der Waals surface area contributed by atoms with E-state index in [9.17, 15) is 4.79 Å². The van der Waals surface area contributed by atoms with Crippen LogP contribution in [0.4, 0.5) is 11.5 Å². The van der Waals surface area contributed by atoms with E-state index in [1.807, 2.05) is 0 Å². The number of carbonyl (C=O) groups is 1. The Bertz CT molecular complexity index is 430. The minimum Gasteiger partial charge on any atom is -0.397 e. The Morgan fingerprint density at radius 3 is 3.11 bits per heavy atom. The first-order chi connectivity index (χ1) is 8.66. The number of nitrogens with one attached hydrogen (secondary N) is 1. The first-order valence-electron chi connectivity index (χ1n) is 6.03. The predicted molar refractivity (Wildman–Crippen MR) is 69.2 cm³/mol. The van der Waals surface area contributed by atoms with Crippen LogP contribution in [0.15, 0.2) is 12.3 Å². The largest absolute Gasteiger partial charge is 0.397 e. The van der Waals surface area contributed by atoms with Crippen molar-refractivity contribution >= 4 is 17.4 Å². The maximum atomic E-state index is 11.1. The molecule has 1 aliphatic rings. The van der Waals surface area contributed by atoms with Crippen LogP contribution in [0.3, 0.4) is 0 Å². The SMILES string of the molecule is NC(=O)c1cc(NCCC2CCOC2)ncc1N. The second-order valence-corrected chi connectivity index (χ2v) is 4.47. The Morgan fingerprint density at radius 1 is 1.61 bits per heavy atom. The zero-order valence-corrected chi connectivity index (χ0v) is 10.2. The molecule has 1 atom stereocenters. The molecule has 1 saturated heterocycles. The number of nitrogens with two attached hydrogens (primary N) is 2. The van der Waals surface area contributed by atoms with Crippen LogP contribution in [0.5, 0.6) is 0 Å². The summed E-state index contributed by atoms with van der Waals surface area (Å²) in [4.78, 5) is 15.2. The van der Waals surface area contributed by atoms with Crippen LogP contribution in [0, 0.1) is 5.92 Å². The van der Waals surface area contributed by atoms with Gasteiger partial charge in [0.05, 0.1) is 17.4 Å². The minimum absolute atomic E-state index is 0.302. The third-order valence-corrected chi connectivity index (χ3v) is 3.08. The van der Waals surface area contributed by atoms with Crippen LogP contribution in [0.2, 0.25) is 0 Å². The number of hydrogen-bond donors (Lipinski definition) is 3. The molecule has 1 aromatic rings. The molecule has 98 valence electrons. The number of nitrogens with zero attached hydrogens (tertiary/aromatic N) is 1. The maximum Gasteiger partial charge on any atom is 0.250 e. The summed E-state index contributed by atoms with van der Waals surface area (Å²) >= 11 is 0. The van der Waals surface area contributed by atoms with Crippen LogP contribution in [-0.2, 0) is 4.74 Å². The Labute approximate surface area is 106 Å². The van der Waals surface area contributed by atoms with E-state index in [0.29, 0.717) is 23.0 Å². The summed E-state index contributed by atoms with van der Waals surface area (Å²) in [6.07, 6.45) is 3.59. The topological polar surface area (TPSA) is 103 Å². The fourth-order valence-corrected chi connectivity index (χ4v) is 1.99. The van der Waals surface area contributed by atoms with E-state index >= 15 is 0 Å². The number of rotatable bonds is 5. The highest BCUT2D eigenvalue weighted by molar-refractivity contribution is 5.98. The zero-order valence-electron chi connectivity index (χ0n) is 10.2. The molecule has 1 amide bonds. The average molecular weight is 250 g/mol. The molecule has 2 heterocycles. The summed E-state index contributed by atoms with van der Waals surface area (Å²) < 4.78 is 5.31. The smallest absolute Gasteiger partial charge is 0.250 e. The summed E-state index contributed by atoms with van der Waals surface area (Å²) in [6.45, 7) is 2.49. The lowest BCUT2D eigenvalue weighted by molar-refractivity contribution is 0.100. The molecule has 18 heavy (non-hydrogen) atoms. The van der Waals surface area contributed by atoms with Crippen molar-refractivity contribution in [2.24, 2.45) is 11.7 Å². The molecule has 0 spiro atoms. The van der Waals surface area contributed by atoms with Gasteiger partial charge in [0.2, 0.25) is 0 Å². The summed E-state index contributed by atoms with van der Waals surface area (Å²) in [6, 6.07) is 1.59. The van der Waals surface area contributed by atoms with E-state index in [4.69, 9.17) is 16.2 Å². The number of aromatic nitrogens is 1. The molecule has 0 bridgehead atoms. The van der Waals surface area contributed by atoms with Crippen LogP contribution < -0.4 is 16.8 Å². The van der Waals surface area contributed by atoms with Crippen LogP contribution >= 0.6 is 0 Å². The number of anilines is 2. The molecule has 1 unspecified atom stereocenters. The van der Waals surface area contributed by atoms with Gasteiger partial charge in [-0.2, -0.15) is 0 Å². The quantitative estimate of drug-likeness (QED) is 0.710. The fourth-order valence-electron chi connectivity index (χ4n) is 1.99. The van der Waals surface area contributed by atoms with E-state index in [1.54, 1.807) is 6.07 Å². The Kier molecular flexibility index (Phi) is 3.99. The van der Waals surface area contributed by atoms with E-state index in [0.717, 1.165) is 32.6 Å². The van der Waals surface area contributed by atoms with E-state index in [1.165, 1.54) is 6.20 Å². The van der Waals surface area contributed by atoms with Gasteiger partial charge >= 0.3 is 0 Å². The summed E-state index contributed by atoms with van der Waals surface area (Å²) in [7, 11) is 0. The molecular formula is C12H18N4O2. The number of pyridine rings is 1. The van der Waals surface area contributed by atoms with Gasteiger partial charge in [-0.25, -0.2) is 4.98 Å². The molecule has 6 nitrogen and oxygen atoms in total. The molecule has 6 heteroatoms. The standard InChI is InChI=1S/C12H18N4O2/c13-10-6-16-11(5-9(10)12(14)17)15-3-1-8-2-4-18-7-8/h5-6,8H,1-4,7,13H2,(H2,14,17)(H,15,16). The fraction of sp³-hybridized carbons (Fsp3) is 0.500. The molecule has 0 aromatic carbocycles. The van der Waals surface area contributed by atoms with Crippen LogP contribution in [0.1, 0.15) is 23.2 Å². The van der Waals surface area contributed by atoms with Gasteiger partial charge in [0, 0.05) is 19.8 Å². The van der Waals surface area contributed by atoms with Crippen molar-refractivity contribution in [1.29, 1.82) is 0 Å². The second kappa shape index (κ2) is 5.68. The lowest BCUT2D eigenvalue weighted by Crippen LogP contribution is -2.15. The molecular weight excluding hydrogens is 232 g/mol. The van der Waals surface area contributed by atoms with Gasteiger partial charge in [0.25, 0.3) is 5.91 Å².